The molecule has 3 rings (SSSR count). The molecule has 32 heavy (non-hydrogen) atoms. The van der Waals surface area contributed by atoms with E-state index in [4.69, 9.17) is 4.42 Å². The highest BCUT2D eigenvalue weighted by Gasteiger charge is 2.19. The highest BCUT2D eigenvalue weighted by atomic mass is 32.2. The lowest BCUT2D eigenvalue weighted by molar-refractivity contribution is -0.121. The van der Waals surface area contributed by atoms with E-state index in [1.807, 2.05) is 0 Å². The molecule has 0 saturated carbocycles. The molecule has 0 aliphatic carbocycles. The SMILES string of the molecule is CN(C)S(=O)(=O)c1cccc(C(=O)NNC(=O)CCc2ncc(-c3ccc(F)cc3)o2)c1. The van der Waals surface area contributed by atoms with Crippen molar-refractivity contribution in [3.05, 3.63) is 72.0 Å². The Morgan fingerprint density at radius 3 is 2.50 bits per heavy atom. The number of hydrazine groups is 1. The number of hydrogen-bond donors (Lipinski definition) is 2. The molecule has 2 N–H and O–H groups in total. The van der Waals surface area contributed by atoms with E-state index in [1.165, 1.54) is 56.7 Å². The van der Waals surface area contributed by atoms with Gasteiger partial charge in [-0.2, -0.15) is 0 Å². The number of amides is 2. The molecular formula is C21H21FN4O5S. The van der Waals surface area contributed by atoms with Gasteiger partial charge in [0, 0.05) is 38.1 Å². The largest absolute Gasteiger partial charge is 0.441 e. The van der Waals surface area contributed by atoms with Crippen molar-refractivity contribution in [2.75, 3.05) is 14.1 Å². The first kappa shape index (κ1) is 23.1. The second-order valence-corrected chi connectivity index (χ2v) is 9.09. The highest BCUT2D eigenvalue weighted by molar-refractivity contribution is 7.89. The Bertz CT molecular complexity index is 1220. The first-order valence-electron chi connectivity index (χ1n) is 9.49. The summed E-state index contributed by atoms with van der Waals surface area (Å²) in [5.74, 6) is -0.757. The Labute approximate surface area is 184 Å². The molecule has 0 saturated heterocycles. The summed E-state index contributed by atoms with van der Waals surface area (Å²) in [6, 6.07) is 11.2. The lowest BCUT2D eigenvalue weighted by atomic mass is 10.2. The number of benzene rings is 2. The van der Waals surface area contributed by atoms with Gasteiger partial charge in [-0.15, -0.1) is 0 Å². The Morgan fingerprint density at radius 1 is 1.09 bits per heavy atom. The summed E-state index contributed by atoms with van der Waals surface area (Å²) < 4.78 is 44.0. The van der Waals surface area contributed by atoms with Gasteiger partial charge in [0.25, 0.3) is 5.91 Å². The van der Waals surface area contributed by atoms with Crippen molar-refractivity contribution in [2.24, 2.45) is 0 Å². The standard InChI is InChI=1S/C21H21FN4O5S/c1-26(2)32(29,30)17-5-3-4-15(12-17)21(28)25-24-19(27)10-11-20-23-13-18(31-20)14-6-8-16(22)9-7-14/h3-9,12-13H,10-11H2,1-2H3,(H,24,27)(H,25,28). The van der Waals surface area contributed by atoms with Crippen molar-refractivity contribution in [2.45, 2.75) is 17.7 Å². The molecule has 1 heterocycles. The predicted octanol–water partition coefficient (Wildman–Crippen LogP) is 2.12. The van der Waals surface area contributed by atoms with Crippen molar-refractivity contribution >= 4 is 21.8 Å². The summed E-state index contributed by atoms with van der Waals surface area (Å²) >= 11 is 0. The monoisotopic (exact) mass is 460 g/mol. The molecule has 0 spiro atoms. The van der Waals surface area contributed by atoms with Gasteiger partial charge >= 0.3 is 0 Å². The normalized spacial score (nSPS) is 11.4. The molecule has 11 heteroatoms. The van der Waals surface area contributed by atoms with E-state index in [1.54, 1.807) is 12.1 Å². The highest BCUT2D eigenvalue weighted by Crippen LogP contribution is 2.21. The molecule has 0 atom stereocenters. The molecule has 0 unspecified atom stereocenters. The van der Waals surface area contributed by atoms with Crippen molar-refractivity contribution in [3.8, 4) is 11.3 Å². The van der Waals surface area contributed by atoms with Crippen LogP contribution >= 0.6 is 0 Å². The summed E-state index contributed by atoms with van der Waals surface area (Å²) in [6.07, 6.45) is 1.65. The number of carbonyl (C=O) groups excluding carboxylic acids is 2. The van der Waals surface area contributed by atoms with Crippen LogP contribution < -0.4 is 10.9 Å². The molecule has 0 aliphatic heterocycles. The number of halogens is 1. The van der Waals surface area contributed by atoms with Crippen LogP contribution in [-0.4, -0.2) is 43.6 Å². The van der Waals surface area contributed by atoms with E-state index in [9.17, 15) is 22.4 Å². The van der Waals surface area contributed by atoms with Crippen molar-refractivity contribution in [1.29, 1.82) is 0 Å². The average Bonchev–Trinajstić information content (AvgIpc) is 3.25. The molecule has 168 valence electrons. The maximum atomic E-state index is 13.0. The lowest BCUT2D eigenvalue weighted by Crippen LogP contribution is -2.41. The van der Waals surface area contributed by atoms with Gasteiger partial charge in [0.05, 0.1) is 11.1 Å². The Kier molecular flexibility index (Phi) is 7.01. The van der Waals surface area contributed by atoms with Crippen molar-refractivity contribution in [3.63, 3.8) is 0 Å². The number of rotatable bonds is 7. The minimum Gasteiger partial charge on any atom is -0.441 e. The molecule has 0 radical (unpaired) electrons. The molecule has 3 aromatic rings. The van der Waals surface area contributed by atoms with Crippen LogP contribution in [0.25, 0.3) is 11.3 Å². The second-order valence-electron chi connectivity index (χ2n) is 6.94. The fourth-order valence-electron chi connectivity index (χ4n) is 2.66. The Morgan fingerprint density at radius 2 is 1.81 bits per heavy atom. The van der Waals surface area contributed by atoms with Gasteiger partial charge in [0.15, 0.2) is 11.7 Å². The van der Waals surface area contributed by atoms with Gasteiger partial charge in [-0.05, 0) is 42.5 Å². The van der Waals surface area contributed by atoms with E-state index >= 15 is 0 Å². The third kappa shape index (κ3) is 5.56. The lowest BCUT2D eigenvalue weighted by Gasteiger charge is -2.12. The number of nitrogens with zero attached hydrogens (tertiary/aromatic N) is 2. The van der Waals surface area contributed by atoms with Crippen LogP contribution in [0.5, 0.6) is 0 Å². The van der Waals surface area contributed by atoms with E-state index in [2.05, 4.69) is 15.8 Å². The zero-order chi connectivity index (χ0) is 23.3. The molecule has 9 nitrogen and oxygen atoms in total. The average molecular weight is 460 g/mol. The maximum absolute atomic E-state index is 13.0. The van der Waals surface area contributed by atoms with Crippen LogP contribution in [0.2, 0.25) is 0 Å². The van der Waals surface area contributed by atoms with Gasteiger partial charge < -0.3 is 4.42 Å². The van der Waals surface area contributed by atoms with Crippen LogP contribution in [0.4, 0.5) is 4.39 Å². The van der Waals surface area contributed by atoms with Crippen LogP contribution in [0.1, 0.15) is 22.7 Å². The molecule has 2 amide bonds. The number of aromatic nitrogens is 1. The van der Waals surface area contributed by atoms with E-state index in [-0.39, 0.29) is 29.1 Å². The number of sulfonamides is 1. The van der Waals surface area contributed by atoms with Gasteiger partial charge in [0.2, 0.25) is 15.9 Å². The van der Waals surface area contributed by atoms with Crippen molar-refractivity contribution < 1.29 is 26.8 Å². The minimum absolute atomic E-state index is 0.0152. The number of oxazole rings is 1. The quantitative estimate of drug-likeness (QED) is 0.521. The Balaban J connectivity index is 1.52. The fourth-order valence-corrected chi connectivity index (χ4v) is 3.61. The van der Waals surface area contributed by atoms with Crippen LogP contribution in [0, 0.1) is 5.82 Å². The van der Waals surface area contributed by atoms with Crippen LogP contribution in [0.15, 0.2) is 64.0 Å². The zero-order valence-corrected chi connectivity index (χ0v) is 18.1. The third-order valence-electron chi connectivity index (χ3n) is 4.44. The number of hydrogen-bond acceptors (Lipinski definition) is 6. The molecular weight excluding hydrogens is 439 g/mol. The smallest absolute Gasteiger partial charge is 0.269 e. The second kappa shape index (κ2) is 9.71. The predicted molar refractivity (Wildman–Crippen MR) is 113 cm³/mol. The van der Waals surface area contributed by atoms with E-state index in [0.29, 0.717) is 17.2 Å². The van der Waals surface area contributed by atoms with Gasteiger partial charge in [-0.1, -0.05) is 6.07 Å². The van der Waals surface area contributed by atoms with E-state index in [0.717, 1.165) is 4.31 Å². The summed E-state index contributed by atoms with van der Waals surface area (Å²) in [7, 11) is -0.918. The maximum Gasteiger partial charge on any atom is 0.269 e. The minimum atomic E-state index is -3.69. The van der Waals surface area contributed by atoms with Crippen molar-refractivity contribution in [1.82, 2.24) is 20.1 Å². The summed E-state index contributed by atoms with van der Waals surface area (Å²) in [6.45, 7) is 0. The third-order valence-corrected chi connectivity index (χ3v) is 6.25. The van der Waals surface area contributed by atoms with Crippen LogP contribution in [0.3, 0.4) is 0 Å². The van der Waals surface area contributed by atoms with Gasteiger partial charge in [-0.3, -0.25) is 20.4 Å². The number of nitrogens with one attached hydrogen (secondary N) is 2. The summed E-state index contributed by atoms with van der Waals surface area (Å²) in [4.78, 5) is 28.4. The van der Waals surface area contributed by atoms with E-state index < -0.39 is 21.8 Å². The molecule has 0 aliphatic rings. The topological polar surface area (TPSA) is 122 Å². The molecule has 0 bridgehead atoms. The van der Waals surface area contributed by atoms with Gasteiger partial charge in [0.1, 0.15) is 5.82 Å². The van der Waals surface area contributed by atoms with Crippen LogP contribution in [-0.2, 0) is 21.2 Å². The molecule has 2 aromatic carbocycles. The Hall–Kier alpha value is -3.57. The summed E-state index contributed by atoms with van der Waals surface area (Å²) in [5.41, 5.74) is 5.24. The molecule has 0 fully saturated rings. The fraction of sp³-hybridized carbons (Fsp3) is 0.190. The first-order chi connectivity index (χ1) is 15.2. The number of aryl methyl sites for hydroxylation is 1. The number of carbonyl (C=O) groups is 2. The molecule has 1 aromatic heterocycles. The summed E-state index contributed by atoms with van der Waals surface area (Å²) in [5, 5.41) is 0. The first-order valence-corrected chi connectivity index (χ1v) is 10.9. The zero-order valence-electron chi connectivity index (χ0n) is 17.3. The van der Waals surface area contributed by atoms with Gasteiger partial charge in [-0.25, -0.2) is 22.1 Å².